The molecule has 0 heterocycles. The average molecular weight is 295 g/mol. The molecule has 112 valence electrons. The second kappa shape index (κ2) is 5.64. The van der Waals surface area contributed by atoms with Crippen LogP contribution in [0.2, 0.25) is 0 Å². The van der Waals surface area contributed by atoms with E-state index in [-0.39, 0.29) is 12.3 Å². The zero-order chi connectivity index (χ0) is 15.6. The lowest BCUT2D eigenvalue weighted by molar-refractivity contribution is -0.152. The molecule has 2 aromatic carbocycles. The largest absolute Gasteiger partial charge is 0.467 e. The first kappa shape index (κ1) is 14.3. The number of hydrogen-bond acceptors (Lipinski definition) is 3. The van der Waals surface area contributed by atoms with Gasteiger partial charge in [0.05, 0.1) is 13.5 Å². The molecule has 3 rings (SSSR count). The normalized spacial score (nSPS) is 18.8. The molecule has 2 aromatic rings. The molecule has 1 atom stereocenters. The van der Waals surface area contributed by atoms with Crippen molar-refractivity contribution >= 4 is 11.9 Å². The molecule has 4 nitrogen and oxygen atoms in total. The smallest absolute Gasteiger partial charge is 0.336 e. The van der Waals surface area contributed by atoms with E-state index >= 15 is 0 Å². The van der Waals surface area contributed by atoms with Gasteiger partial charge in [-0.3, -0.25) is 4.79 Å². The summed E-state index contributed by atoms with van der Waals surface area (Å²) in [6.45, 7) is 0. The monoisotopic (exact) mass is 295 g/mol. The van der Waals surface area contributed by atoms with Crippen LogP contribution in [0.5, 0.6) is 0 Å². The van der Waals surface area contributed by atoms with Gasteiger partial charge in [-0.2, -0.15) is 0 Å². The van der Waals surface area contributed by atoms with Crippen molar-refractivity contribution in [3.8, 4) is 0 Å². The predicted molar refractivity (Wildman–Crippen MR) is 82.1 cm³/mol. The van der Waals surface area contributed by atoms with Crippen LogP contribution in [0.25, 0.3) is 0 Å². The van der Waals surface area contributed by atoms with Crippen LogP contribution in [-0.4, -0.2) is 19.0 Å². The lowest BCUT2D eigenvalue weighted by Crippen LogP contribution is -2.59. The van der Waals surface area contributed by atoms with E-state index < -0.39 is 11.5 Å². The third-order valence-electron chi connectivity index (χ3n) is 4.03. The summed E-state index contributed by atoms with van der Waals surface area (Å²) >= 11 is 0. The van der Waals surface area contributed by atoms with Gasteiger partial charge in [-0.25, -0.2) is 4.79 Å². The number of rotatable bonds is 4. The second-order valence-electron chi connectivity index (χ2n) is 5.44. The molecule has 22 heavy (non-hydrogen) atoms. The standard InChI is InChI=1S/C18H17NO3/c1-22-17(21)18(12-14-9-5-6-10-15(14)18)19-16(20)11-13-7-3-2-4-8-13/h2-10H,11-12H2,1H3,(H,19,20). The third-order valence-corrected chi connectivity index (χ3v) is 4.03. The lowest BCUT2D eigenvalue weighted by Gasteiger charge is -2.41. The Morgan fingerprint density at radius 3 is 2.45 bits per heavy atom. The molecule has 0 aliphatic heterocycles. The van der Waals surface area contributed by atoms with Crippen molar-refractivity contribution in [3.63, 3.8) is 0 Å². The van der Waals surface area contributed by atoms with Crippen LogP contribution >= 0.6 is 0 Å². The summed E-state index contributed by atoms with van der Waals surface area (Å²) in [4.78, 5) is 24.6. The van der Waals surface area contributed by atoms with E-state index in [0.29, 0.717) is 6.42 Å². The molecule has 0 bridgehead atoms. The minimum absolute atomic E-state index is 0.189. The van der Waals surface area contributed by atoms with Crippen molar-refractivity contribution in [1.29, 1.82) is 0 Å². The summed E-state index contributed by atoms with van der Waals surface area (Å²) in [5, 5.41) is 2.87. The van der Waals surface area contributed by atoms with E-state index in [9.17, 15) is 9.59 Å². The van der Waals surface area contributed by atoms with E-state index in [1.165, 1.54) is 7.11 Å². The number of ether oxygens (including phenoxy) is 1. The summed E-state index contributed by atoms with van der Waals surface area (Å²) in [6.07, 6.45) is 0.706. The van der Waals surface area contributed by atoms with E-state index in [4.69, 9.17) is 4.74 Å². The molecule has 0 spiro atoms. The summed E-state index contributed by atoms with van der Waals surface area (Å²) in [7, 11) is 1.34. The van der Waals surface area contributed by atoms with Crippen LogP contribution in [0, 0.1) is 0 Å². The Kier molecular flexibility index (Phi) is 3.67. The predicted octanol–water partition coefficient (Wildman–Crippen LogP) is 1.97. The van der Waals surface area contributed by atoms with Gasteiger partial charge in [0.15, 0.2) is 5.54 Å². The molecule has 0 saturated heterocycles. The van der Waals surface area contributed by atoms with E-state index in [1.54, 1.807) is 0 Å². The van der Waals surface area contributed by atoms with Crippen LogP contribution < -0.4 is 5.32 Å². The van der Waals surface area contributed by atoms with Gasteiger partial charge >= 0.3 is 5.97 Å². The van der Waals surface area contributed by atoms with Crippen molar-refractivity contribution in [2.45, 2.75) is 18.4 Å². The van der Waals surface area contributed by atoms with Gasteiger partial charge in [0.25, 0.3) is 0 Å². The highest BCUT2D eigenvalue weighted by Crippen LogP contribution is 2.39. The Bertz CT molecular complexity index is 711. The molecule has 1 aliphatic rings. The fraction of sp³-hybridized carbons (Fsp3) is 0.222. The van der Waals surface area contributed by atoms with Gasteiger partial charge in [-0.15, -0.1) is 0 Å². The van der Waals surface area contributed by atoms with E-state index in [2.05, 4.69) is 5.32 Å². The number of hydrogen-bond donors (Lipinski definition) is 1. The maximum absolute atomic E-state index is 12.3. The molecule has 0 radical (unpaired) electrons. The van der Waals surface area contributed by atoms with Crippen LogP contribution in [-0.2, 0) is 32.7 Å². The first-order valence-corrected chi connectivity index (χ1v) is 7.17. The summed E-state index contributed by atoms with van der Waals surface area (Å²) in [6, 6.07) is 17.1. The maximum atomic E-state index is 12.3. The van der Waals surface area contributed by atoms with E-state index in [0.717, 1.165) is 16.7 Å². The van der Waals surface area contributed by atoms with Crippen LogP contribution in [0.3, 0.4) is 0 Å². The SMILES string of the molecule is COC(=O)C1(NC(=O)Cc2ccccc2)Cc2ccccc21. The molecule has 0 aromatic heterocycles. The van der Waals surface area contributed by atoms with Crippen molar-refractivity contribution < 1.29 is 14.3 Å². The van der Waals surface area contributed by atoms with Gasteiger partial charge in [0.1, 0.15) is 0 Å². The number of fused-ring (bicyclic) bond motifs is 1. The molecule has 1 amide bonds. The third kappa shape index (κ3) is 2.37. The minimum atomic E-state index is -1.04. The molecule has 0 fully saturated rings. The zero-order valence-electron chi connectivity index (χ0n) is 12.3. The van der Waals surface area contributed by atoms with Crippen molar-refractivity contribution in [2.24, 2.45) is 0 Å². The van der Waals surface area contributed by atoms with Crippen LogP contribution in [0.1, 0.15) is 16.7 Å². The number of esters is 1. The highest BCUT2D eigenvalue weighted by molar-refractivity contribution is 5.92. The van der Waals surface area contributed by atoms with Gasteiger partial charge in [-0.05, 0) is 16.7 Å². The number of carbonyl (C=O) groups is 2. The van der Waals surface area contributed by atoms with Gasteiger partial charge in [-0.1, -0.05) is 54.6 Å². The summed E-state index contributed by atoms with van der Waals surface area (Å²) in [5.41, 5.74) is 1.75. The molecule has 1 unspecified atom stereocenters. The Morgan fingerprint density at radius 1 is 1.09 bits per heavy atom. The topological polar surface area (TPSA) is 55.4 Å². The Balaban J connectivity index is 1.81. The van der Waals surface area contributed by atoms with Crippen LogP contribution in [0.15, 0.2) is 54.6 Å². The first-order valence-electron chi connectivity index (χ1n) is 7.17. The van der Waals surface area contributed by atoms with E-state index in [1.807, 2.05) is 54.6 Å². The Morgan fingerprint density at radius 2 is 1.77 bits per heavy atom. The summed E-state index contributed by atoms with van der Waals surface area (Å²) in [5.74, 6) is -0.612. The quantitative estimate of drug-likeness (QED) is 0.877. The number of nitrogens with one attached hydrogen (secondary N) is 1. The molecule has 0 saturated carbocycles. The van der Waals surface area contributed by atoms with Gasteiger partial charge < -0.3 is 10.1 Å². The molecular formula is C18H17NO3. The second-order valence-corrected chi connectivity index (χ2v) is 5.44. The highest BCUT2D eigenvalue weighted by atomic mass is 16.5. The molecule has 1 aliphatic carbocycles. The Hall–Kier alpha value is -2.62. The zero-order valence-corrected chi connectivity index (χ0v) is 12.3. The van der Waals surface area contributed by atoms with Crippen LogP contribution in [0.4, 0.5) is 0 Å². The fourth-order valence-electron chi connectivity index (χ4n) is 2.95. The van der Waals surface area contributed by atoms with Crippen molar-refractivity contribution in [1.82, 2.24) is 5.32 Å². The number of methoxy groups -OCH3 is 1. The molecule has 4 heteroatoms. The van der Waals surface area contributed by atoms with Gasteiger partial charge in [0, 0.05) is 6.42 Å². The number of amides is 1. The van der Waals surface area contributed by atoms with Crippen molar-refractivity contribution in [3.05, 3.63) is 71.3 Å². The number of carbonyl (C=O) groups excluding carboxylic acids is 2. The fourth-order valence-corrected chi connectivity index (χ4v) is 2.95. The Labute approximate surface area is 129 Å². The summed E-state index contributed by atoms with van der Waals surface area (Å²) < 4.78 is 4.91. The first-order chi connectivity index (χ1) is 10.7. The van der Waals surface area contributed by atoms with Crippen molar-refractivity contribution in [2.75, 3.05) is 7.11 Å². The molecular weight excluding hydrogens is 278 g/mol. The molecule has 1 N–H and O–H groups in total. The van der Waals surface area contributed by atoms with Gasteiger partial charge in [0.2, 0.25) is 5.91 Å². The lowest BCUT2D eigenvalue weighted by atomic mass is 9.70. The minimum Gasteiger partial charge on any atom is -0.467 e. The highest BCUT2D eigenvalue weighted by Gasteiger charge is 2.51. The average Bonchev–Trinajstić information content (AvgIpc) is 2.52. The maximum Gasteiger partial charge on any atom is 0.336 e. The number of benzene rings is 2.